The normalized spacial score (nSPS) is 11.5. The van der Waals surface area contributed by atoms with E-state index in [2.05, 4.69) is 30.9 Å². The van der Waals surface area contributed by atoms with Gasteiger partial charge in [-0.25, -0.2) is 0 Å². The highest BCUT2D eigenvalue weighted by Gasteiger charge is 1.86. The molecular formula is C13H22. The van der Waals surface area contributed by atoms with Crippen LogP contribution >= 0.6 is 0 Å². The molecule has 0 bridgehead atoms. The summed E-state index contributed by atoms with van der Waals surface area (Å²) in [5.74, 6) is 0. The first-order valence-corrected chi connectivity index (χ1v) is 5.30. The van der Waals surface area contributed by atoms with Crippen LogP contribution in [-0.4, -0.2) is 0 Å². The molecule has 0 rings (SSSR count). The van der Waals surface area contributed by atoms with Crippen molar-refractivity contribution in [3.63, 3.8) is 0 Å². The maximum Gasteiger partial charge on any atom is -0.0348 e. The Kier molecular flexibility index (Phi) is 10.5. The molecule has 0 saturated carbocycles. The molecule has 0 heterocycles. The fraction of sp³-hybridized carbons (Fsp3) is 0.538. The Labute approximate surface area is 83.0 Å². The number of unbranched alkanes of at least 4 members (excludes halogenated alkanes) is 5. The quantitative estimate of drug-likeness (QED) is 0.288. The van der Waals surface area contributed by atoms with Gasteiger partial charge in [0.25, 0.3) is 0 Å². The van der Waals surface area contributed by atoms with E-state index in [-0.39, 0.29) is 0 Å². The molecule has 13 heavy (non-hydrogen) atoms. The molecular weight excluding hydrogens is 156 g/mol. The van der Waals surface area contributed by atoms with Gasteiger partial charge in [-0.15, -0.1) is 6.58 Å². The standard InChI is InChI=1S/C13H22/c1-3-5-7-9-11-13-12-10-8-6-4-2/h3-4,6,8,10H,1,5,7,9,11-13H2,2H3. The molecule has 74 valence electrons. The van der Waals surface area contributed by atoms with E-state index < -0.39 is 0 Å². The maximum absolute atomic E-state index is 3.71. The second-order valence-corrected chi connectivity index (χ2v) is 3.23. The minimum atomic E-state index is 1.18. The van der Waals surface area contributed by atoms with E-state index in [1.54, 1.807) is 0 Å². The fourth-order valence-electron chi connectivity index (χ4n) is 1.19. The van der Waals surface area contributed by atoms with Crippen molar-refractivity contribution in [1.82, 2.24) is 0 Å². The van der Waals surface area contributed by atoms with Gasteiger partial charge in [-0.1, -0.05) is 43.2 Å². The van der Waals surface area contributed by atoms with Crippen molar-refractivity contribution in [2.75, 3.05) is 0 Å². The van der Waals surface area contributed by atoms with Gasteiger partial charge in [-0.2, -0.15) is 0 Å². The summed E-state index contributed by atoms with van der Waals surface area (Å²) >= 11 is 0. The molecule has 0 heteroatoms. The van der Waals surface area contributed by atoms with Crippen molar-refractivity contribution in [2.24, 2.45) is 0 Å². The van der Waals surface area contributed by atoms with E-state index in [4.69, 9.17) is 0 Å². The van der Waals surface area contributed by atoms with E-state index in [1.165, 1.54) is 38.5 Å². The van der Waals surface area contributed by atoms with Crippen LogP contribution < -0.4 is 0 Å². The molecule has 0 aromatic rings. The van der Waals surface area contributed by atoms with Crippen molar-refractivity contribution in [1.29, 1.82) is 0 Å². The first kappa shape index (κ1) is 12.2. The molecule has 0 nitrogen and oxygen atoms in total. The van der Waals surface area contributed by atoms with Gasteiger partial charge in [0, 0.05) is 0 Å². The van der Waals surface area contributed by atoms with Crippen molar-refractivity contribution in [3.8, 4) is 0 Å². The molecule has 0 aromatic heterocycles. The lowest BCUT2D eigenvalue weighted by Gasteiger charge is -1.95. The Hall–Kier alpha value is -0.780. The number of hydrogen-bond acceptors (Lipinski definition) is 0. The predicted molar refractivity (Wildman–Crippen MR) is 61.9 cm³/mol. The summed E-state index contributed by atoms with van der Waals surface area (Å²) < 4.78 is 0. The van der Waals surface area contributed by atoms with Crippen LogP contribution in [0, 0.1) is 0 Å². The average molecular weight is 178 g/mol. The summed E-state index contributed by atoms with van der Waals surface area (Å²) in [5.41, 5.74) is 0. The zero-order chi connectivity index (χ0) is 9.78. The third-order valence-corrected chi connectivity index (χ3v) is 1.97. The Morgan fingerprint density at radius 3 is 2.23 bits per heavy atom. The van der Waals surface area contributed by atoms with Crippen LogP contribution in [0.15, 0.2) is 37.0 Å². The van der Waals surface area contributed by atoms with E-state index in [0.29, 0.717) is 0 Å². The lowest BCUT2D eigenvalue weighted by Crippen LogP contribution is -1.76. The summed E-state index contributed by atoms with van der Waals surface area (Å²) in [7, 11) is 0. The van der Waals surface area contributed by atoms with Crippen LogP contribution in [0.1, 0.15) is 45.4 Å². The van der Waals surface area contributed by atoms with Gasteiger partial charge in [0.2, 0.25) is 0 Å². The van der Waals surface area contributed by atoms with Crippen LogP contribution in [0.4, 0.5) is 0 Å². The first-order valence-electron chi connectivity index (χ1n) is 5.30. The fourth-order valence-corrected chi connectivity index (χ4v) is 1.19. The van der Waals surface area contributed by atoms with Crippen molar-refractivity contribution < 1.29 is 0 Å². The molecule has 0 radical (unpaired) electrons. The molecule has 0 N–H and O–H groups in total. The third-order valence-electron chi connectivity index (χ3n) is 1.97. The molecule has 0 aliphatic heterocycles. The Morgan fingerprint density at radius 2 is 1.62 bits per heavy atom. The van der Waals surface area contributed by atoms with E-state index in [1.807, 2.05) is 13.0 Å². The monoisotopic (exact) mass is 178 g/mol. The molecule has 0 saturated heterocycles. The zero-order valence-corrected chi connectivity index (χ0v) is 8.84. The minimum absolute atomic E-state index is 1.18. The molecule has 0 atom stereocenters. The highest BCUT2D eigenvalue weighted by Crippen LogP contribution is 2.05. The van der Waals surface area contributed by atoms with Gasteiger partial charge in [-0.05, 0) is 32.6 Å². The SMILES string of the molecule is C=CCCCCCCC=CC=CC. The van der Waals surface area contributed by atoms with Crippen LogP contribution in [0.2, 0.25) is 0 Å². The molecule has 0 spiro atoms. The van der Waals surface area contributed by atoms with Crippen molar-refractivity contribution >= 4 is 0 Å². The maximum atomic E-state index is 3.71. The summed E-state index contributed by atoms with van der Waals surface area (Å²) in [6.45, 7) is 5.75. The largest absolute Gasteiger partial charge is 0.103 e. The van der Waals surface area contributed by atoms with E-state index in [9.17, 15) is 0 Å². The first-order chi connectivity index (χ1) is 6.41. The Balaban J connectivity index is 3.03. The summed E-state index contributed by atoms with van der Waals surface area (Å²) in [6.07, 6.45) is 18.2. The van der Waals surface area contributed by atoms with Gasteiger partial charge in [-0.3, -0.25) is 0 Å². The zero-order valence-electron chi connectivity index (χ0n) is 8.84. The highest BCUT2D eigenvalue weighted by molar-refractivity contribution is 5.00. The van der Waals surface area contributed by atoms with E-state index >= 15 is 0 Å². The lowest BCUT2D eigenvalue weighted by atomic mass is 10.1. The topological polar surface area (TPSA) is 0 Å². The molecule has 0 fully saturated rings. The number of allylic oxidation sites excluding steroid dienone is 5. The molecule has 0 aliphatic carbocycles. The smallest absolute Gasteiger partial charge is 0.0348 e. The lowest BCUT2D eigenvalue weighted by molar-refractivity contribution is 0.652. The molecule has 0 aromatic carbocycles. The summed E-state index contributed by atoms with van der Waals surface area (Å²) in [5, 5.41) is 0. The van der Waals surface area contributed by atoms with Gasteiger partial charge in [0.15, 0.2) is 0 Å². The minimum Gasteiger partial charge on any atom is -0.103 e. The van der Waals surface area contributed by atoms with Crippen molar-refractivity contribution in [2.45, 2.75) is 45.4 Å². The van der Waals surface area contributed by atoms with Gasteiger partial charge in [0.1, 0.15) is 0 Å². The number of rotatable bonds is 8. The van der Waals surface area contributed by atoms with Gasteiger partial charge >= 0.3 is 0 Å². The van der Waals surface area contributed by atoms with Gasteiger partial charge in [0.05, 0.1) is 0 Å². The van der Waals surface area contributed by atoms with Crippen LogP contribution in [0.25, 0.3) is 0 Å². The average Bonchev–Trinajstić information content (AvgIpc) is 2.16. The highest BCUT2D eigenvalue weighted by atomic mass is 13.9. The third kappa shape index (κ3) is 11.2. The molecule has 0 unspecified atom stereocenters. The summed E-state index contributed by atoms with van der Waals surface area (Å²) in [6, 6.07) is 0. The van der Waals surface area contributed by atoms with Crippen LogP contribution in [0.5, 0.6) is 0 Å². The second-order valence-electron chi connectivity index (χ2n) is 3.23. The molecule has 0 aliphatic rings. The summed E-state index contributed by atoms with van der Waals surface area (Å²) in [4.78, 5) is 0. The van der Waals surface area contributed by atoms with Crippen molar-refractivity contribution in [3.05, 3.63) is 37.0 Å². The number of hydrogen-bond donors (Lipinski definition) is 0. The van der Waals surface area contributed by atoms with E-state index in [0.717, 1.165) is 0 Å². The Bertz CT molecular complexity index is 151. The second kappa shape index (κ2) is 11.2. The van der Waals surface area contributed by atoms with Crippen LogP contribution in [-0.2, 0) is 0 Å². The Morgan fingerprint density at radius 1 is 0.923 bits per heavy atom. The van der Waals surface area contributed by atoms with Crippen LogP contribution in [0.3, 0.4) is 0 Å². The van der Waals surface area contributed by atoms with Gasteiger partial charge < -0.3 is 0 Å². The predicted octanol–water partition coefficient (Wildman–Crippen LogP) is 4.65. The molecule has 0 amide bonds.